The van der Waals surface area contributed by atoms with E-state index in [0.717, 1.165) is 41.3 Å². The van der Waals surface area contributed by atoms with Gasteiger partial charge in [0, 0.05) is 16.2 Å². The van der Waals surface area contributed by atoms with Crippen LogP contribution in [0.5, 0.6) is 0 Å². The molecule has 0 aliphatic heterocycles. The first-order valence-corrected chi connectivity index (χ1v) is 12.8. The minimum Gasteiger partial charge on any atom is -0.468 e. The fourth-order valence-electron chi connectivity index (χ4n) is 9.17. The monoisotopic (exact) mass is 528 g/mol. The smallest absolute Gasteiger partial charge is 0.316 e. The lowest BCUT2D eigenvalue weighted by Gasteiger charge is -2.53. The Morgan fingerprint density at radius 2 is 0.947 bits per heavy atom. The van der Waals surface area contributed by atoms with Crippen LogP contribution < -0.4 is 0 Å². The predicted molar refractivity (Wildman–Crippen MR) is 128 cm³/mol. The molecule has 5 aliphatic carbocycles. The Kier molecular flexibility index (Phi) is 5.96. The third-order valence-corrected chi connectivity index (χ3v) is 10.6. The van der Waals surface area contributed by atoms with Crippen LogP contribution in [0.15, 0.2) is 24.3 Å². The van der Waals surface area contributed by atoms with E-state index in [1.807, 2.05) is 0 Å². The molecule has 38 heavy (non-hydrogen) atoms. The molecule has 204 valence electrons. The molecule has 5 rings (SSSR count). The second-order valence-corrected chi connectivity index (χ2v) is 11.2. The lowest BCUT2D eigenvalue weighted by atomic mass is 9.47. The molecule has 0 N–H and O–H groups in total. The number of ether oxygens (including phenoxy) is 4. The van der Waals surface area contributed by atoms with Crippen molar-refractivity contribution in [2.75, 3.05) is 28.4 Å². The molecule has 10 heteroatoms. The maximum absolute atomic E-state index is 14.2. The second kappa shape index (κ2) is 8.61. The van der Waals surface area contributed by atoms with Crippen LogP contribution in [-0.4, -0.2) is 63.9 Å². The number of esters is 4. The van der Waals surface area contributed by atoms with Crippen LogP contribution >= 0.6 is 0 Å². The van der Waals surface area contributed by atoms with E-state index in [0.29, 0.717) is 12.8 Å². The summed E-state index contributed by atoms with van der Waals surface area (Å²) in [6, 6.07) is 0. The van der Waals surface area contributed by atoms with Crippen molar-refractivity contribution < 1.29 is 47.7 Å². The van der Waals surface area contributed by atoms with E-state index < -0.39 is 75.4 Å². The van der Waals surface area contributed by atoms with Crippen LogP contribution in [0, 0.1) is 45.3 Å². The van der Waals surface area contributed by atoms with Gasteiger partial charge in [-0.3, -0.25) is 28.8 Å². The first-order chi connectivity index (χ1) is 18.1. The number of allylic oxidation sites excluding steroid dienone is 4. The molecule has 0 aromatic carbocycles. The van der Waals surface area contributed by atoms with E-state index in [2.05, 4.69) is 24.3 Å². The van der Waals surface area contributed by atoms with Gasteiger partial charge in [0.1, 0.15) is 23.7 Å². The van der Waals surface area contributed by atoms with Crippen LogP contribution in [0.3, 0.4) is 0 Å². The summed E-state index contributed by atoms with van der Waals surface area (Å²) in [6.07, 6.45) is 10.9. The number of rotatable bonds is 4. The van der Waals surface area contributed by atoms with Gasteiger partial charge in [0.15, 0.2) is 11.6 Å². The summed E-state index contributed by atoms with van der Waals surface area (Å²) in [5.74, 6) is -12.1. The van der Waals surface area contributed by atoms with Crippen molar-refractivity contribution in [3.05, 3.63) is 24.3 Å². The van der Waals surface area contributed by atoms with Crippen molar-refractivity contribution in [2.24, 2.45) is 45.3 Å². The summed E-state index contributed by atoms with van der Waals surface area (Å²) >= 11 is 0. The van der Waals surface area contributed by atoms with Crippen LogP contribution in [0.2, 0.25) is 0 Å². The van der Waals surface area contributed by atoms with Crippen molar-refractivity contribution in [1.82, 2.24) is 0 Å². The van der Waals surface area contributed by atoms with E-state index >= 15 is 0 Å². The highest BCUT2D eigenvalue weighted by Crippen LogP contribution is 2.77. The highest BCUT2D eigenvalue weighted by molar-refractivity contribution is 6.20. The molecular formula is C28H32O10. The van der Waals surface area contributed by atoms with Gasteiger partial charge in [-0.15, -0.1) is 0 Å². The average molecular weight is 529 g/mol. The Morgan fingerprint density at radius 3 is 1.29 bits per heavy atom. The summed E-state index contributed by atoms with van der Waals surface area (Å²) in [7, 11) is 4.42. The third kappa shape index (κ3) is 2.78. The molecule has 0 saturated heterocycles. The van der Waals surface area contributed by atoms with E-state index in [1.54, 1.807) is 0 Å². The van der Waals surface area contributed by atoms with Gasteiger partial charge in [0.05, 0.1) is 28.4 Å². The number of Topliss-reactive ketones (excluding diaryl/α,β-unsaturated/α-hetero) is 2. The molecule has 4 unspecified atom stereocenters. The Balaban J connectivity index is 1.87. The number of hydrogen-bond donors (Lipinski definition) is 0. The summed E-state index contributed by atoms with van der Waals surface area (Å²) in [6.45, 7) is 0. The van der Waals surface area contributed by atoms with Crippen molar-refractivity contribution >= 4 is 35.4 Å². The van der Waals surface area contributed by atoms with E-state index in [1.165, 1.54) is 0 Å². The van der Waals surface area contributed by atoms with E-state index in [9.17, 15) is 28.8 Å². The van der Waals surface area contributed by atoms with Gasteiger partial charge in [-0.25, -0.2) is 0 Å². The first kappa shape index (κ1) is 26.3. The van der Waals surface area contributed by atoms with Crippen molar-refractivity contribution in [3.8, 4) is 0 Å². The number of carbonyl (C=O) groups excluding carboxylic acids is 6. The first-order valence-electron chi connectivity index (χ1n) is 12.8. The summed E-state index contributed by atoms with van der Waals surface area (Å²) in [4.78, 5) is 82.0. The Morgan fingerprint density at radius 1 is 0.605 bits per heavy atom. The number of carbonyl (C=O) groups is 6. The van der Waals surface area contributed by atoms with Crippen molar-refractivity contribution in [2.45, 2.75) is 38.5 Å². The van der Waals surface area contributed by atoms with Gasteiger partial charge in [-0.1, -0.05) is 24.3 Å². The van der Waals surface area contributed by atoms with Gasteiger partial charge in [0.25, 0.3) is 0 Å². The number of hydrogen-bond acceptors (Lipinski definition) is 10. The van der Waals surface area contributed by atoms with Gasteiger partial charge >= 0.3 is 23.9 Å². The van der Waals surface area contributed by atoms with Gasteiger partial charge in [0.2, 0.25) is 0 Å². The second-order valence-electron chi connectivity index (χ2n) is 11.2. The van der Waals surface area contributed by atoms with Crippen LogP contribution in [0.1, 0.15) is 38.5 Å². The molecule has 0 bridgehead atoms. The Bertz CT molecular complexity index is 1120. The molecule has 0 amide bonds. The molecule has 5 aliphatic rings. The molecule has 0 heterocycles. The standard InChI is InChI=1S/C28H32O10/c1-35-21(31)15-19(29)16(22(32)36-2)28-14-12-26-9-5-7-25(26,8-6-10-26)11-13-27(15,28)17(23(33)37-3)20(30)18(28)24(34)38-4/h5-8,15-18H,9-14H2,1-4H3. The highest BCUT2D eigenvalue weighted by atomic mass is 16.5. The van der Waals surface area contributed by atoms with Gasteiger partial charge in [-0.05, 0) is 43.9 Å². The molecule has 0 aromatic heterocycles. The summed E-state index contributed by atoms with van der Waals surface area (Å²) in [5.41, 5.74) is -4.18. The largest absolute Gasteiger partial charge is 0.468 e. The van der Waals surface area contributed by atoms with Crippen molar-refractivity contribution in [1.29, 1.82) is 0 Å². The molecule has 0 aromatic rings. The summed E-state index contributed by atoms with van der Waals surface area (Å²) < 4.78 is 20.2. The minimum atomic E-state index is -1.76. The molecule has 3 fully saturated rings. The Hall–Kier alpha value is -3.30. The summed E-state index contributed by atoms with van der Waals surface area (Å²) in [5, 5.41) is 0. The van der Waals surface area contributed by atoms with Crippen LogP contribution in [-0.2, 0) is 47.7 Å². The zero-order valence-corrected chi connectivity index (χ0v) is 21.9. The normalized spacial score (nSPS) is 42.3. The fourth-order valence-corrected chi connectivity index (χ4v) is 9.17. The molecule has 4 atom stereocenters. The topological polar surface area (TPSA) is 139 Å². The van der Waals surface area contributed by atoms with E-state index in [4.69, 9.17) is 18.9 Å². The minimum absolute atomic E-state index is 0.0292. The molecule has 10 nitrogen and oxygen atoms in total. The SMILES string of the molecule is COC(=O)C1C(=O)C(C(=O)OC)C23CCC45CC=CC4(C=CC5)CCC12C(C(=O)OC)C(=O)C3C(=O)OC. The number of methoxy groups -OCH3 is 4. The van der Waals surface area contributed by atoms with Gasteiger partial charge < -0.3 is 18.9 Å². The lowest BCUT2D eigenvalue weighted by molar-refractivity contribution is -0.174. The fraction of sp³-hybridized carbons (Fsp3) is 0.643. The zero-order valence-electron chi connectivity index (χ0n) is 21.9. The quantitative estimate of drug-likeness (QED) is 0.229. The molecular weight excluding hydrogens is 496 g/mol. The Labute approximate surface area is 220 Å². The predicted octanol–water partition coefficient (Wildman–Crippen LogP) is 1.75. The third-order valence-electron chi connectivity index (χ3n) is 10.6. The highest BCUT2D eigenvalue weighted by Gasteiger charge is 2.86. The van der Waals surface area contributed by atoms with Crippen LogP contribution in [0.25, 0.3) is 0 Å². The maximum Gasteiger partial charge on any atom is 0.316 e. The van der Waals surface area contributed by atoms with Gasteiger partial charge in [-0.2, -0.15) is 0 Å². The van der Waals surface area contributed by atoms with Crippen molar-refractivity contribution in [3.63, 3.8) is 0 Å². The lowest BCUT2D eigenvalue weighted by Crippen LogP contribution is -2.55. The molecule has 3 saturated carbocycles. The maximum atomic E-state index is 14.2. The van der Waals surface area contributed by atoms with E-state index in [-0.39, 0.29) is 18.3 Å². The zero-order chi connectivity index (χ0) is 27.7. The number of ketones is 2. The molecule has 0 radical (unpaired) electrons. The molecule has 0 spiro atoms. The average Bonchev–Trinajstić information content (AvgIpc) is 3.54. The van der Waals surface area contributed by atoms with Crippen LogP contribution in [0.4, 0.5) is 0 Å².